The summed E-state index contributed by atoms with van der Waals surface area (Å²) >= 11 is 0. The van der Waals surface area contributed by atoms with E-state index in [4.69, 9.17) is 10.5 Å². The van der Waals surface area contributed by atoms with E-state index in [0.717, 1.165) is 12.3 Å². The van der Waals surface area contributed by atoms with Gasteiger partial charge < -0.3 is 15.8 Å². The molecule has 0 aliphatic carbocycles. The minimum atomic E-state index is -3.17. The molecule has 0 aliphatic heterocycles. The smallest absolute Gasteiger partial charge is 0.241 e. The Morgan fingerprint density at radius 1 is 1.50 bits per heavy atom. The van der Waals surface area contributed by atoms with Crippen LogP contribution in [0.5, 0.6) is 5.75 Å². The zero-order valence-electron chi connectivity index (χ0n) is 11.2. The minimum absolute atomic E-state index is 0.00694. The van der Waals surface area contributed by atoms with Crippen LogP contribution in [0.3, 0.4) is 0 Å². The fourth-order valence-electron chi connectivity index (χ4n) is 1.44. The van der Waals surface area contributed by atoms with Gasteiger partial charge in [0, 0.05) is 18.0 Å². The van der Waals surface area contributed by atoms with Crippen LogP contribution >= 0.6 is 0 Å². The van der Waals surface area contributed by atoms with Crippen LogP contribution in [0.25, 0.3) is 0 Å². The van der Waals surface area contributed by atoms with Crippen molar-refractivity contribution in [1.82, 2.24) is 0 Å². The predicted octanol–water partition coefficient (Wildman–Crippen LogP) is 0.535. The Kier molecular flexibility index (Phi) is 5.46. The number of carbonyl (C=O) groups is 1. The summed E-state index contributed by atoms with van der Waals surface area (Å²) in [5.41, 5.74) is 5.91. The summed E-state index contributed by atoms with van der Waals surface area (Å²) in [6, 6.07) is 2.87. The van der Waals surface area contributed by atoms with Crippen molar-refractivity contribution >= 4 is 21.4 Å². The summed E-state index contributed by atoms with van der Waals surface area (Å²) in [7, 11) is -1.86. The second-order valence-electron chi connectivity index (χ2n) is 4.36. The highest BCUT2D eigenvalue weighted by atomic mass is 32.2. The highest BCUT2D eigenvalue weighted by Gasteiger charge is 2.16. The second kappa shape index (κ2) is 6.67. The zero-order chi connectivity index (χ0) is 15.3. The van der Waals surface area contributed by atoms with Crippen molar-refractivity contribution in [2.75, 3.05) is 24.4 Å². The Bertz CT molecular complexity index is 589. The van der Waals surface area contributed by atoms with Crippen LogP contribution in [0.15, 0.2) is 18.2 Å². The summed E-state index contributed by atoms with van der Waals surface area (Å²) in [6.07, 6.45) is 1.09. The minimum Gasteiger partial charge on any atom is -0.494 e. The van der Waals surface area contributed by atoms with Gasteiger partial charge in [-0.3, -0.25) is 4.79 Å². The van der Waals surface area contributed by atoms with E-state index in [-0.39, 0.29) is 17.9 Å². The molecule has 0 fully saturated rings. The molecule has 0 radical (unpaired) electrons. The Morgan fingerprint density at radius 2 is 2.15 bits per heavy atom. The van der Waals surface area contributed by atoms with Gasteiger partial charge in [0.05, 0.1) is 18.9 Å². The number of sulfone groups is 1. The number of amides is 1. The third kappa shape index (κ3) is 5.14. The van der Waals surface area contributed by atoms with E-state index in [2.05, 4.69) is 5.32 Å². The van der Waals surface area contributed by atoms with Gasteiger partial charge in [-0.2, -0.15) is 0 Å². The van der Waals surface area contributed by atoms with Gasteiger partial charge in [-0.1, -0.05) is 0 Å². The summed E-state index contributed by atoms with van der Waals surface area (Å²) < 4.78 is 40.0. The first kappa shape index (κ1) is 16.4. The molecule has 1 atom stereocenters. The molecule has 0 saturated heterocycles. The third-order valence-corrected chi connectivity index (χ3v) is 3.53. The quantitative estimate of drug-likeness (QED) is 0.799. The lowest BCUT2D eigenvalue weighted by Crippen LogP contribution is -2.37. The number of nitrogens with two attached hydrogens (primary N) is 1. The monoisotopic (exact) mass is 304 g/mol. The molecule has 0 bridgehead atoms. The molecule has 1 amide bonds. The molecule has 112 valence electrons. The third-order valence-electron chi connectivity index (χ3n) is 2.56. The molecular formula is C12H17FN2O4S. The Morgan fingerprint density at radius 3 is 2.70 bits per heavy atom. The van der Waals surface area contributed by atoms with Crippen molar-refractivity contribution in [3.8, 4) is 5.75 Å². The molecule has 0 heterocycles. The number of benzene rings is 1. The predicted molar refractivity (Wildman–Crippen MR) is 73.9 cm³/mol. The number of hydrogen-bond donors (Lipinski definition) is 2. The number of halogens is 1. The number of rotatable bonds is 6. The molecule has 6 nitrogen and oxygen atoms in total. The first-order chi connectivity index (χ1) is 9.23. The highest BCUT2D eigenvalue weighted by Crippen LogP contribution is 2.21. The lowest BCUT2D eigenvalue weighted by Gasteiger charge is -2.12. The average Bonchev–Trinajstić information content (AvgIpc) is 2.37. The summed E-state index contributed by atoms with van der Waals surface area (Å²) in [5, 5.41) is 2.47. The molecule has 1 aromatic carbocycles. The zero-order valence-corrected chi connectivity index (χ0v) is 12.0. The van der Waals surface area contributed by atoms with Gasteiger partial charge in [0.15, 0.2) is 11.6 Å². The van der Waals surface area contributed by atoms with E-state index in [1.807, 2.05) is 0 Å². The molecule has 1 rings (SSSR count). The molecule has 1 aromatic rings. The van der Waals surface area contributed by atoms with Crippen molar-refractivity contribution in [3.63, 3.8) is 0 Å². The Hall–Kier alpha value is -1.67. The number of hydrogen-bond acceptors (Lipinski definition) is 5. The number of ether oxygens (including phenoxy) is 1. The van der Waals surface area contributed by atoms with E-state index in [9.17, 15) is 17.6 Å². The van der Waals surface area contributed by atoms with Crippen LogP contribution in [0.1, 0.15) is 6.42 Å². The maximum absolute atomic E-state index is 13.2. The van der Waals surface area contributed by atoms with Gasteiger partial charge in [-0.15, -0.1) is 0 Å². The SMILES string of the molecule is COc1cc(NC(=O)C(N)CCS(C)(=O)=O)ccc1F. The number of carbonyl (C=O) groups excluding carboxylic acids is 1. The van der Waals surface area contributed by atoms with Gasteiger partial charge in [0.1, 0.15) is 9.84 Å². The number of nitrogens with one attached hydrogen (secondary N) is 1. The van der Waals surface area contributed by atoms with Gasteiger partial charge in [-0.25, -0.2) is 12.8 Å². The normalized spacial score (nSPS) is 12.8. The van der Waals surface area contributed by atoms with E-state index in [1.54, 1.807) is 0 Å². The van der Waals surface area contributed by atoms with Crippen molar-refractivity contribution < 1.29 is 22.3 Å². The van der Waals surface area contributed by atoms with Crippen LogP contribution in [0.4, 0.5) is 10.1 Å². The summed E-state index contributed by atoms with van der Waals surface area (Å²) in [5.74, 6) is -1.27. The van der Waals surface area contributed by atoms with Crippen molar-refractivity contribution in [2.24, 2.45) is 5.73 Å². The highest BCUT2D eigenvalue weighted by molar-refractivity contribution is 7.90. The maximum atomic E-state index is 13.2. The van der Waals surface area contributed by atoms with Crippen molar-refractivity contribution in [2.45, 2.75) is 12.5 Å². The van der Waals surface area contributed by atoms with Crippen LogP contribution in [0.2, 0.25) is 0 Å². The molecule has 0 aliphatic rings. The van der Waals surface area contributed by atoms with E-state index in [1.165, 1.54) is 19.2 Å². The fourth-order valence-corrected chi connectivity index (χ4v) is 2.13. The van der Waals surface area contributed by atoms with Crippen molar-refractivity contribution in [1.29, 1.82) is 0 Å². The molecule has 8 heteroatoms. The largest absolute Gasteiger partial charge is 0.494 e. The van der Waals surface area contributed by atoms with Crippen LogP contribution in [0, 0.1) is 5.82 Å². The molecular weight excluding hydrogens is 287 g/mol. The lowest BCUT2D eigenvalue weighted by molar-refractivity contribution is -0.117. The van der Waals surface area contributed by atoms with Crippen LogP contribution in [-0.2, 0) is 14.6 Å². The molecule has 0 saturated carbocycles. The van der Waals surface area contributed by atoms with Crippen LogP contribution in [-0.4, -0.2) is 39.5 Å². The summed E-state index contributed by atoms with van der Waals surface area (Å²) in [4.78, 5) is 11.7. The molecule has 1 unspecified atom stereocenters. The van der Waals surface area contributed by atoms with E-state index in [0.29, 0.717) is 5.69 Å². The fraction of sp³-hybridized carbons (Fsp3) is 0.417. The van der Waals surface area contributed by atoms with Gasteiger partial charge in [0.25, 0.3) is 0 Å². The first-order valence-corrected chi connectivity index (χ1v) is 7.86. The molecule has 0 aromatic heterocycles. The maximum Gasteiger partial charge on any atom is 0.241 e. The van der Waals surface area contributed by atoms with Gasteiger partial charge >= 0.3 is 0 Å². The Labute approximate surface area is 117 Å². The number of methoxy groups -OCH3 is 1. The van der Waals surface area contributed by atoms with E-state index >= 15 is 0 Å². The first-order valence-electron chi connectivity index (χ1n) is 5.80. The number of anilines is 1. The average molecular weight is 304 g/mol. The molecule has 0 spiro atoms. The topological polar surface area (TPSA) is 98.5 Å². The molecule has 20 heavy (non-hydrogen) atoms. The lowest BCUT2D eigenvalue weighted by atomic mass is 10.2. The van der Waals surface area contributed by atoms with Crippen LogP contribution < -0.4 is 15.8 Å². The van der Waals surface area contributed by atoms with Gasteiger partial charge in [-0.05, 0) is 18.6 Å². The Balaban J connectivity index is 2.66. The molecule has 3 N–H and O–H groups in total. The second-order valence-corrected chi connectivity index (χ2v) is 6.62. The van der Waals surface area contributed by atoms with E-state index < -0.39 is 27.6 Å². The standard InChI is InChI=1S/C12H17FN2O4S/c1-19-11-7-8(3-4-9(11)13)15-12(16)10(14)5-6-20(2,17)18/h3-4,7,10H,5-6,14H2,1-2H3,(H,15,16). The van der Waals surface area contributed by atoms with Crippen molar-refractivity contribution in [3.05, 3.63) is 24.0 Å². The summed E-state index contributed by atoms with van der Waals surface area (Å²) in [6.45, 7) is 0. The van der Waals surface area contributed by atoms with Gasteiger partial charge in [0.2, 0.25) is 5.91 Å².